The van der Waals surface area contributed by atoms with Crippen molar-refractivity contribution in [2.24, 2.45) is 0 Å². The molecule has 0 aromatic carbocycles. The largest absolute Gasteiger partial charge is 0.493 e. The third kappa shape index (κ3) is 10.5. The zero-order valence-electron chi connectivity index (χ0n) is 17.5. The second-order valence-corrected chi connectivity index (χ2v) is 11.1. The summed E-state index contributed by atoms with van der Waals surface area (Å²) >= 11 is 0. The van der Waals surface area contributed by atoms with Crippen LogP contribution in [0.2, 0.25) is 6.04 Å². The first-order valence-corrected chi connectivity index (χ1v) is 13.7. The van der Waals surface area contributed by atoms with Crippen molar-refractivity contribution in [2.75, 3.05) is 26.4 Å². The molecule has 1 aromatic rings. The van der Waals surface area contributed by atoms with E-state index in [0.717, 1.165) is 44.7 Å². The molecule has 9 heteroatoms. The standard InChI is InChI=1S/C18H38N2O5Si2/c1-5-13-21-26(22-14-6-2)25-27(23-15-7-3,24-16-8-4)17-9-11-20-12-10-19-18-20/h10,12,18,26H,5-9,11,13-17H2,1-4H3. The molecule has 158 valence electrons. The van der Waals surface area contributed by atoms with Crippen LogP contribution in [0.15, 0.2) is 18.7 Å². The maximum Gasteiger partial charge on any atom is 0.493 e. The van der Waals surface area contributed by atoms with Crippen molar-refractivity contribution < 1.29 is 21.8 Å². The summed E-state index contributed by atoms with van der Waals surface area (Å²) < 4.78 is 32.8. The van der Waals surface area contributed by atoms with Gasteiger partial charge in [-0.05, 0) is 32.1 Å². The van der Waals surface area contributed by atoms with E-state index in [1.54, 1.807) is 6.20 Å². The van der Waals surface area contributed by atoms with Gasteiger partial charge in [-0.2, -0.15) is 0 Å². The molecular formula is C18H38N2O5Si2. The zero-order valence-corrected chi connectivity index (χ0v) is 19.7. The lowest BCUT2D eigenvalue weighted by molar-refractivity contribution is 0.0593. The molecule has 1 rings (SSSR count). The number of aromatic nitrogens is 2. The first-order valence-electron chi connectivity index (χ1n) is 10.3. The summed E-state index contributed by atoms with van der Waals surface area (Å²) in [7, 11) is -5.15. The average Bonchev–Trinajstić information content (AvgIpc) is 3.20. The van der Waals surface area contributed by atoms with Crippen LogP contribution in [0.25, 0.3) is 0 Å². The van der Waals surface area contributed by atoms with Crippen LogP contribution in [0.4, 0.5) is 0 Å². The van der Waals surface area contributed by atoms with Crippen molar-refractivity contribution in [3.8, 4) is 0 Å². The highest BCUT2D eigenvalue weighted by molar-refractivity contribution is 6.67. The van der Waals surface area contributed by atoms with E-state index in [-0.39, 0.29) is 0 Å². The quantitative estimate of drug-likeness (QED) is 0.339. The summed E-state index contributed by atoms with van der Waals surface area (Å²) in [6, 6.07) is 0.750. The highest BCUT2D eigenvalue weighted by Crippen LogP contribution is 2.21. The van der Waals surface area contributed by atoms with Crippen LogP contribution in [-0.2, 0) is 28.4 Å². The minimum atomic E-state index is -2.86. The molecule has 0 bridgehead atoms. The van der Waals surface area contributed by atoms with E-state index in [1.807, 2.05) is 12.5 Å². The van der Waals surface area contributed by atoms with Gasteiger partial charge in [-0.1, -0.05) is 27.7 Å². The number of hydrogen-bond donors (Lipinski definition) is 0. The number of aryl methyl sites for hydroxylation is 1. The molecular weight excluding hydrogens is 380 g/mol. The third-order valence-electron chi connectivity index (χ3n) is 3.70. The van der Waals surface area contributed by atoms with Gasteiger partial charge in [-0.15, -0.1) is 0 Å². The number of imidazole rings is 1. The molecule has 0 unspecified atom stereocenters. The predicted octanol–water partition coefficient (Wildman–Crippen LogP) is 3.65. The Morgan fingerprint density at radius 2 is 1.48 bits per heavy atom. The van der Waals surface area contributed by atoms with Gasteiger partial charge in [0.25, 0.3) is 0 Å². The molecule has 1 heterocycles. The summed E-state index contributed by atoms with van der Waals surface area (Å²) in [5.74, 6) is 0. The van der Waals surface area contributed by atoms with Crippen LogP contribution < -0.4 is 0 Å². The Morgan fingerprint density at radius 1 is 0.889 bits per heavy atom. The Bertz CT molecular complexity index is 435. The van der Waals surface area contributed by atoms with Crippen LogP contribution in [0.5, 0.6) is 0 Å². The van der Waals surface area contributed by atoms with Gasteiger partial charge in [0, 0.05) is 51.4 Å². The van der Waals surface area contributed by atoms with E-state index < -0.39 is 18.3 Å². The Labute approximate surface area is 167 Å². The molecule has 7 nitrogen and oxygen atoms in total. The summed E-state index contributed by atoms with van der Waals surface area (Å²) in [4.78, 5) is 4.10. The van der Waals surface area contributed by atoms with Gasteiger partial charge in [0.15, 0.2) is 0 Å². The van der Waals surface area contributed by atoms with E-state index >= 15 is 0 Å². The highest BCUT2D eigenvalue weighted by atomic mass is 28.4. The molecule has 0 radical (unpaired) electrons. The number of hydrogen-bond acceptors (Lipinski definition) is 6. The Kier molecular flexibility index (Phi) is 13.9. The Morgan fingerprint density at radius 3 is 1.96 bits per heavy atom. The van der Waals surface area contributed by atoms with Crippen LogP contribution >= 0.6 is 0 Å². The molecule has 0 aliphatic carbocycles. The summed E-state index contributed by atoms with van der Waals surface area (Å²) in [5, 5.41) is 0. The number of rotatable bonds is 18. The predicted molar refractivity (Wildman–Crippen MR) is 111 cm³/mol. The second-order valence-electron chi connectivity index (χ2n) is 6.43. The van der Waals surface area contributed by atoms with Crippen molar-refractivity contribution in [3.05, 3.63) is 18.7 Å². The molecule has 0 fully saturated rings. The summed E-state index contributed by atoms with van der Waals surface area (Å²) in [6.07, 6.45) is 10.2. The maximum atomic E-state index is 6.43. The molecule has 0 spiro atoms. The minimum Gasteiger partial charge on any atom is -0.376 e. The van der Waals surface area contributed by atoms with E-state index in [0.29, 0.717) is 26.4 Å². The lowest BCUT2D eigenvalue weighted by atomic mass is 10.5. The lowest BCUT2D eigenvalue weighted by Gasteiger charge is -2.32. The molecule has 0 aliphatic rings. The van der Waals surface area contributed by atoms with E-state index in [2.05, 4.69) is 37.2 Å². The van der Waals surface area contributed by atoms with E-state index in [1.165, 1.54) is 0 Å². The molecule has 0 saturated heterocycles. The van der Waals surface area contributed by atoms with Gasteiger partial charge in [-0.3, -0.25) is 0 Å². The Balaban J connectivity index is 2.80. The Hall–Kier alpha value is -0.556. The smallest absolute Gasteiger partial charge is 0.376 e. The van der Waals surface area contributed by atoms with Gasteiger partial charge in [0.05, 0.1) is 6.33 Å². The van der Waals surface area contributed by atoms with Crippen molar-refractivity contribution >= 4 is 18.3 Å². The lowest BCUT2D eigenvalue weighted by Crippen LogP contribution is -2.52. The van der Waals surface area contributed by atoms with Crippen LogP contribution in [0, 0.1) is 0 Å². The fourth-order valence-electron chi connectivity index (χ4n) is 2.42. The van der Waals surface area contributed by atoms with E-state index in [4.69, 9.17) is 21.8 Å². The van der Waals surface area contributed by atoms with Crippen LogP contribution in [-0.4, -0.2) is 54.3 Å². The number of nitrogens with zero attached hydrogens (tertiary/aromatic N) is 2. The third-order valence-corrected chi connectivity index (χ3v) is 9.18. The monoisotopic (exact) mass is 418 g/mol. The molecule has 0 saturated carbocycles. The van der Waals surface area contributed by atoms with Crippen LogP contribution in [0.3, 0.4) is 0 Å². The molecule has 0 atom stereocenters. The topological polar surface area (TPSA) is 64.0 Å². The fourth-order valence-corrected chi connectivity index (χ4v) is 8.10. The summed E-state index contributed by atoms with van der Waals surface area (Å²) in [6.45, 7) is 11.8. The highest BCUT2D eigenvalue weighted by Gasteiger charge is 2.44. The minimum absolute atomic E-state index is 0.629. The van der Waals surface area contributed by atoms with Gasteiger partial charge in [-0.25, -0.2) is 4.98 Å². The maximum absolute atomic E-state index is 6.43. The first kappa shape index (κ1) is 24.5. The van der Waals surface area contributed by atoms with E-state index in [9.17, 15) is 0 Å². The molecule has 1 aromatic heterocycles. The SMILES string of the molecule is CCCO[SiH](OCCC)O[Si](CCCn1ccnc1)(OCCC)OCCC. The van der Waals surface area contributed by atoms with Gasteiger partial charge >= 0.3 is 18.3 Å². The van der Waals surface area contributed by atoms with Gasteiger partial charge < -0.3 is 26.4 Å². The van der Waals surface area contributed by atoms with Crippen molar-refractivity contribution in [1.82, 2.24) is 9.55 Å². The molecule has 0 aliphatic heterocycles. The van der Waals surface area contributed by atoms with Crippen molar-refractivity contribution in [1.29, 1.82) is 0 Å². The first-order chi connectivity index (χ1) is 13.2. The fraction of sp³-hybridized carbons (Fsp3) is 0.833. The summed E-state index contributed by atoms with van der Waals surface area (Å²) in [5.41, 5.74) is 0. The molecule has 27 heavy (non-hydrogen) atoms. The second kappa shape index (κ2) is 15.4. The van der Waals surface area contributed by atoms with Gasteiger partial charge in [0.1, 0.15) is 0 Å². The zero-order chi connectivity index (χ0) is 19.8. The van der Waals surface area contributed by atoms with Crippen LogP contribution in [0.1, 0.15) is 59.8 Å². The molecule has 0 N–H and O–H groups in total. The van der Waals surface area contributed by atoms with Crippen molar-refractivity contribution in [3.63, 3.8) is 0 Å². The normalized spacial score (nSPS) is 12.2. The van der Waals surface area contributed by atoms with Gasteiger partial charge in [0.2, 0.25) is 0 Å². The molecule has 0 amide bonds. The van der Waals surface area contributed by atoms with Crippen molar-refractivity contribution in [2.45, 2.75) is 72.4 Å². The average molecular weight is 419 g/mol.